The third-order valence-electron chi connectivity index (χ3n) is 1.71. The van der Waals surface area contributed by atoms with E-state index in [-0.39, 0.29) is 5.52 Å². The van der Waals surface area contributed by atoms with E-state index < -0.39 is 11.2 Å². The summed E-state index contributed by atoms with van der Waals surface area (Å²) < 4.78 is 0. The monoisotopic (exact) mass is 207 g/mol. The van der Waals surface area contributed by atoms with Crippen molar-refractivity contribution in [2.45, 2.75) is 20.8 Å². The third-order valence-corrected chi connectivity index (χ3v) is 1.71. The van der Waals surface area contributed by atoms with E-state index in [9.17, 15) is 9.59 Å². The van der Waals surface area contributed by atoms with Gasteiger partial charge in [0.05, 0.1) is 5.52 Å². The maximum Gasteiger partial charge on any atom is 0.326 e. The summed E-state index contributed by atoms with van der Waals surface area (Å²) >= 11 is 0. The number of pyridine rings is 1. The number of aromatic nitrogens is 3. The Balaban J connectivity index is 0.000000531. The Bertz CT molecular complexity index is 569. The quantitative estimate of drug-likeness (QED) is 0.675. The zero-order valence-electron chi connectivity index (χ0n) is 8.92. The number of aryl methyl sites for hydroxylation is 1. The highest BCUT2D eigenvalue weighted by Gasteiger charge is 2.00. The van der Waals surface area contributed by atoms with Crippen molar-refractivity contribution in [2.75, 3.05) is 0 Å². The highest BCUT2D eigenvalue weighted by Crippen LogP contribution is 2.02. The second-order valence-electron chi connectivity index (χ2n) is 2.82. The minimum atomic E-state index is -0.509. The molecule has 5 heteroatoms. The molecule has 0 unspecified atom stereocenters. The Morgan fingerprint density at radius 2 is 1.87 bits per heavy atom. The number of nitrogens with zero attached hydrogens (tertiary/aromatic N) is 1. The number of rotatable bonds is 0. The van der Waals surface area contributed by atoms with Gasteiger partial charge < -0.3 is 4.98 Å². The molecular weight excluding hydrogens is 194 g/mol. The van der Waals surface area contributed by atoms with Gasteiger partial charge in [-0.1, -0.05) is 13.8 Å². The first-order valence-electron chi connectivity index (χ1n) is 4.76. The molecule has 80 valence electrons. The van der Waals surface area contributed by atoms with Crippen molar-refractivity contribution >= 4 is 11.0 Å². The zero-order chi connectivity index (χ0) is 11.4. The lowest BCUT2D eigenvalue weighted by molar-refractivity contribution is 1.06. The van der Waals surface area contributed by atoms with Gasteiger partial charge in [0.2, 0.25) is 0 Å². The average molecular weight is 207 g/mol. The third kappa shape index (κ3) is 2.31. The van der Waals surface area contributed by atoms with Crippen LogP contribution in [-0.4, -0.2) is 15.0 Å². The first-order valence-corrected chi connectivity index (χ1v) is 4.76. The van der Waals surface area contributed by atoms with Crippen LogP contribution in [0.2, 0.25) is 0 Å². The molecule has 0 aromatic carbocycles. The average Bonchev–Trinajstić information content (AvgIpc) is 2.19. The van der Waals surface area contributed by atoms with Gasteiger partial charge in [-0.3, -0.25) is 9.78 Å². The number of nitrogens with one attached hydrogen (secondary N) is 2. The van der Waals surface area contributed by atoms with E-state index in [4.69, 9.17) is 0 Å². The number of fused-ring (bicyclic) bond motifs is 1. The van der Waals surface area contributed by atoms with Crippen molar-refractivity contribution in [3.63, 3.8) is 0 Å². The number of aromatic amines is 2. The zero-order valence-corrected chi connectivity index (χ0v) is 8.92. The van der Waals surface area contributed by atoms with E-state index in [1.54, 1.807) is 12.3 Å². The summed E-state index contributed by atoms with van der Waals surface area (Å²) in [5, 5.41) is 0. The van der Waals surface area contributed by atoms with E-state index in [1.165, 1.54) is 0 Å². The fraction of sp³-hybridized carbons (Fsp3) is 0.300. The molecule has 0 atom stereocenters. The smallest absolute Gasteiger partial charge is 0.305 e. The van der Waals surface area contributed by atoms with Crippen LogP contribution < -0.4 is 11.2 Å². The number of hydrogen-bond donors (Lipinski definition) is 2. The molecule has 0 aliphatic carbocycles. The van der Waals surface area contributed by atoms with Crippen LogP contribution in [0.5, 0.6) is 0 Å². The van der Waals surface area contributed by atoms with Crippen LogP contribution in [0, 0.1) is 6.92 Å². The van der Waals surface area contributed by atoms with Crippen molar-refractivity contribution in [1.29, 1.82) is 0 Å². The molecule has 0 amide bonds. The van der Waals surface area contributed by atoms with E-state index >= 15 is 0 Å². The Labute approximate surface area is 86.2 Å². The standard InChI is InChI=1S/C8H7N3O2.C2H6/c1-4-2-5-6(9-3-4)7(12)11-8(13)10-5;1-2/h2-3H,1H3,(H2,10,11,12,13);1-2H3. The molecule has 2 rings (SSSR count). The van der Waals surface area contributed by atoms with Crippen LogP contribution in [0.25, 0.3) is 11.0 Å². The molecule has 0 aliphatic rings. The van der Waals surface area contributed by atoms with Crippen LogP contribution in [0.4, 0.5) is 0 Å². The lowest BCUT2D eigenvalue weighted by Gasteiger charge is -1.95. The minimum absolute atomic E-state index is 0.255. The van der Waals surface area contributed by atoms with Crippen LogP contribution in [0.1, 0.15) is 19.4 Å². The molecule has 15 heavy (non-hydrogen) atoms. The highest BCUT2D eigenvalue weighted by molar-refractivity contribution is 5.72. The van der Waals surface area contributed by atoms with Gasteiger partial charge in [-0.05, 0) is 18.6 Å². The predicted molar refractivity (Wildman–Crippen MR) is 59.1 cm³/mol. The molecule has 0 aliphatic heterocycles. The molecule has 2 aromatic rings. The fourth-order valence-electron chi connectivity index (χ4n) is 1.16. The number of H-pyrrole nitrogens is 2. The van der Waals surface area contributed by atoms with Crippen molar-refractivity contribution in [3.8, 4) is 0 Å². The van der Waals surface area contributed by atoms with Crippen LogP contribution in [-0.2, 0) is 0 Å². The predicted octanol–water partition coefficient (Wildman–Crippen LogP) is 0.946. The Hall–Kier alpha value is -1.91. The maximum atomic E-state index is 11.2. The first kappa shape index (κ1) is 11.2. The van der Waals surface area contributed by atoms with Gasteiger partial charge in [-0.15, -0.1) is 0 Å². The van der Waals surface area contributed by atoms with E-state index in [1.807, 2.05) is 20.8 Å². The summed E-state index contributed by atoms with van der Waals surface area (Å²) in [7, 11) is 0. The summed E-state index contributed by atoms with van der Waals surface area (Å²) in [6, 6.07) is 1.71. The van der Waals surface area contributed by atoms with Gasteiger partial charge in [0.15, 0.2) is 5.52 Å². The molecule has 0 saturated carbocycles. The second kappa shape index (κ2) is 4.54. The van der Waals surface area contributed by atoms with Crippen molar-refractivity contribution < 1.29 is 0 Å². The van der Waals surface area contributed by atoms with Crippen molar-refractivity contribution in [2.24, 2.45) is 0 Å². The molecule has 0 spiro atoms. The van der Waals surface area contributed by atoms with Crippen molar-refractivity contribution in [3.05, 3.63) is 38.7 Å². The van der Waals surface area contributed by atoms with Gasteiger partial charge in [0.1, 0.15) is 0 Å². The largest absolute Gasteiger partial charge is 0.326 e. The molecule has 2 N–H and O–H groups in total. The normalized spacial score (nSPS) is 9.53. The van der Waals surface area contributed by atoms with Crippen LogP contribution in [0.3, 0.4) is 0 Å². The maximum absolute atomic E-state index is 11.2. The summed E-state index contributed by atoms with van der Waals surface area (Å²) in [6.07, 6.45) is 1.58. The molecule has 0 saturated heterocycles. The lowest BCUT2D eigenvalue weighted by atomic mass is 10.3. The molecule has 0 bridgehead atoms. The van der Waals surface area contributed by atoms with E-state index in [0.717, 1.165) is 5.56 Å². The van der Waals surface area contributed by atoms with Gasteiger partial charge in [0.25, 0.3) is 5.56 Å². The summed E-state index contributed by atoms with van der Waals surface area (Å²) in [5.74, 6) is 0. The Morgan fingerprint density at radius 1 is 1.20 bits per heavy atom. The van der Waals surface area contributed by atoms with Gasteiger partial charge >= 0.3 is 5.69 Å². The van der Waals surface area contributed by atoms with E-state index in [0.29, 0.717) is 5.52 Å². The minimum Gasteiger partial charge on any atom is -0.305 e. The molecule has 0 fully saturated rings. The second-order valence-corrected chi connectivity index (χ2v) is 2.82. The summed E-state index contributed by atoms with van der Waals surface area (Å²) in [6.45, 7) is 5.84. The van der Waals surface area contributed by atoms with Crippen LogP contribution >= 0.6 is 0 Å². The Kier molecular flexibility index (Phi) is 3.38. The molecule has 0 radical (unpaired) electrons. The van der Waals surface area contributed by atoms with Crippen molar-refractivity contribution in [1.82, 2.24) is 15.0 Å². The van der Waals surface area contributed by atoms with Crippen LogP contribution in [0.15, 0.2) is 21.9 Å². The molecule has 2 aromatic heterocycles. The lowest BCUT2D eigenvalue weighted by Crippen LogP contribution is -2.22. The Morgan fingerprint density at radius 3 is 2.53 bits per heavy atom. The van der Waals surface area contributed by atoms with E-state index in [2.05, 4.69) is 15.0 Å². The SMILES string of the molecule is CC.Cc1cnc2c(=O)[nH]c(=O)[nH]c2c1. The highest BCUT2D eigenvalue weighted by atomic mass is 16.2. The molecular formula is C10H13N3O2. The summed E-state index contributed by atoms with van der Waals surface area (Å²) in [5.41, 5.74) is 0.649. The van der Waals surface area contributed by atoms with Gasteiger partial charge in [0, 0.05) is 6.20 Å². The molecule has 2 heterocycles. The fourth-order valence-corrected chi connectivity index (χ4v) is 1.16. The molecule has 5 nitrogen and oxygen atoms in total. The van der Waals surface area contributed by atoms with Gasteiger partial charge in [-0.25, -0.2) is 9.78 Å². The topological polar surface area (TPSA) is 78.6 Å². The van der Waals surface area contributed by atoms with Gasteiger partial charge in [-0.2, -0.15) is 0 Å². The summed E-state index contributed by atoms with van der Waals surface area (Å²) in [4.78, 5) is 30.6. The first-order chi connectivity index (χ1) is 7.16. The number of hydrogen-bond acceptors (Lipinski definition) is 3.